The summed E-state index contributed by atoms with van der Waals surface area (Å²) in [5.41, 5.74) is 0. The summed E-state index contributed by atoms with van der Waals surface area (Å²) in [6.07, 6.45) is 1.38. The minimum Gasteiger partial charge on any atom is -0.456 e. The van der Waals surface area contributed by atoms with E-state index in [0.717, 1.165) is 16.4 Å². The molecule has 1 aromatic carbocycles. The molecule has 0 aliphatic carbocycles. The van der Waals surface area contributed by atoms with Crippen LogP contribution in [0, 0.1) is 0 Å². The Balaban J connectivity index is 2.11. The van der Waals surface area contributed by atoms with Crippen molar-refractivity contribution in [1.29, 1.82) is 0 Å². The Labute approximate surface area is 91.3 Å². The van der Waals surface area contributed by atoms with Crippen LogP contribution in [0.2, 0.25) is 0 Å². The fraction of sp³-hybridized carbons (Fsp3) is 0. The van der Waals surface area contributed by atoms with Gasteiger partial charge in [0.1, 0.15) is 11.5 Å². The maximum atomic E-state index is 8.35. The molecule has 3 nitrogen and oxygen atoms in total. The number of oxime groups is 1. The molecule has 0 atom stereocenters. The Morgan fingerprint density at radius 3 is 2.73 bits per heavy atom. The molecule has 76 valence electrons. The van der Waals surface area contributed by atoms with E-state index in [1.54, 1.807) is 0 Å². The lowest BCUT2D eigenvalue weighted by atomic mass is 10.3. The zero-order valence-corrected chi connectivity index (χ0v) is 8.65. The van der Waals surface area contributed by atoms with Crippen molar-refractivity contribution < 1.29 is 9.94 Å². The van der Waals surface area contributed by atoms with E-state index in [1.165, 1.54) is 17.6 Å². The lowest BCUT2D eigenvalue weighted by Gasteiger charge is -2.00. The lowest BCUT2D eigenvalue weighted by molar-refractivity contribution is 0.322. The quantitative estimate of drug-likeness (QED) is 0.488. The van der Waals surface area contributed by atoms with E-state index in [1.807, 2.05) is 41.8 Å². The number of hydrogen-bond donors (Lipinski definition) is 1. The van der Waals surface area contributed by atoms with E-state index < -0.39 is 0 Å². The molecule has 4 heteroatoms. The van der Waals surface area contributed by atoms with Gasteiger partial charge in [-0.1, -0.05) is 23.4 Å². The summed E-state index contributed by atoms with van der Waals surface area (Å²) >= 11 is 1.46. The molecular formula is C11H9NO2S. The summed E-state index contributed by atoms with van der Waals surface area (Å²) in [4.78, 5) is 0.850. The highest BCUT2D eigenvalue weighted by Gasteiger charge is 1.99. The number of nitrogens with zero attached hydrogens (tertiary/aromatic N) is 1. The summed E-state index contributed by atoms with van der Waals surface area (Å²) in [5.74, 6) is 1.55. The average molecular weight is 219 g/mol. The first-order valence-corrected chi connectivity index (χ1v) is 5.25. The average Bonchev–Trinajstić information content (AvgIpc) is 2.68. The lowest BCUT2D eigenvalue weighted by Crippen LogP contribution is -1.80. The van der Waals surface area contributed by atoms with Gasteiger partial charge in [0.25, 0.3) is 0 Å². The highest BCUT2D eigenvalue weighted by Crippen LogP contribution is 2.25. The molecule has 1 N–H and O–H groups in total. The highest BCUT2D eigenvalue weighted by molar-refractivity contribution is 7.12. The van der Waals surface area contributed by atoms with E-state index in [0.29, 0.717) is 0 Å². The number of ether oxygens (including phenoxy) is 1. The van der Waals surface area contributed by atoms with Gasteiger partial charge in [0.05, 0.1) is 11.1 Å². The van der Waals surface area contributed by atoms with Crippen LogP contribution in [-0.4, -0.2) is 11.4 Å². The molecule has 0 aliphatic heterocycles. The van der Waals surface area contributed by atoms with Crippen molar-refractivity contribution in [2.45, 2.75) is 0 Å². The fourth-order valence-electron chi connectivity index (χ4n) is 1.14. The predicted octanol–water partition coefficient (Wildman–Crippen LogP) is 3.35. The minimum atomic E-state index is 0.751. The summed E-state index contributed by atoms with van der Waals surface area (Å²) in [7, 11) is 0. The van der Waals surface area contributed by atoms with E-state index in [2.05, 4.69) is 5.16 Å². The summed E-state index contributed by atoms with van der Waals surface area (Å²) in [6.45, 7) is 0. The van der Waals surface area contributed by atoms with Crippen LogP contribution in [0.3, 0.4) is 0 Å². The number of hydrogen-bond acceptors (Lipinski definition) is 4. The van der Waals surface area contributed by atoms with Gasteiger partial charge in [-0.15, -0.1) is 11.3 Å². The van der Waals surface area contributed by atoms with Crippen LogP contribution < -0.4 is 4.74 Å². The van der Waals surface area contributed by atoms with Gasteiger partial charge in [0.15, 0.2) is 0 Å². The van der Waals surface area contributed by atoms with Crippen LogP contribution in [0.5, 0.6) is 11.5 Å². The first-order chi connectivity index (χ1) is 7.38. The van der Waals surface area contributed by atoms with Crippen molar-refractivity contribution in [1.82, 2.24) is 0 Å². The third kappa shape index (κ3) is 2.57. The van der Waals surface area contributed by atoms with Gasteiger partial charge in [-0.3, -0.25) is 0 Å². The second-order valence-electron chi connectivity index (χ2n) is 2.84. The van der Waals surface area contributed by atoms with E-state index >= 15 is 0 Å². The summed E-state index contributed by atoms with van der Waals surface area (Å²) in [6, 6.07) is 11.4. The minimum absolute atomic E-state index is 0.751. The van der Waals surface area contributed by atoms with Crippen molar-refractivity contribution in [3.63, 3.8) is 0 Å². The zero-order chi connectivity index (χ0) is 10.5. The monoisotopic (exact) mass is 219 g/mol. The summed E-state index contributed by atoms with van der Waals surface area (Å²) in [5, 5.41) is 13.2. The van der Waals surface area contributed by atoms with E-state index in [9.17, 15) is 0 Å². The molecule has 0 unspecified atom stereocenters. The molecule has 2 aromatic rings. The zero-order valence-electron chi connectivity index (χ0n) is 7.83. The van der Waals surface area contributed by atoms with Crippen molar-refractivity contribution >= 4 is 17.6 Å². The first-order valence-electron chi connectivity index (χ1n) is 4.37. The van der Waals surface area contributed by atoms with Crippen LogP contribution in [-0.2, 0) is 0 Å². The third-order valence-electron chi connectivity index (χ3n) is 1.76. The second kappa shape index (κ2) is 4.61. The number of rotatable bonds is 3. The smallest absolute Gasteiger partial charge is 0.138 e. The summed E-state index contributed by atoms with van der Waals surface area (Å²) < 4.78 is 5.57. The van der Waals surface area contributed by atoms with Crippen LogP contribution >= 0.6 is 11.3 Å². The molecule has 0 spiro atoms. The van der Waals surface area contributed by atoms with Crippen LogP contribution in [0.4, 0.5) is 0 Å². The van der Waals surface area contributed by atoms with Gasteiger partial charge in [0, 0.05) is 11.4 Å². The van der Waals surface area contributed by atoms with Crippen LogP contribution in [0.1, 0.15) is 4.88 Å². The maximum absolute atomic E-state index is 8.35. The largest absolute Gasteiger partial charge is 0.456 e. The molecular weight excluding hydrogens is 210 g/mol. The molecule has 15 heavy (non-hydrogen) atoms. The Kier molecular flexibility index (Phi) is 2.99. The number of thiophene rings is 1. The predicted molar refractivity (Wildman–Crippen MR) is 60.2 cm³/mol. The normalized spacial score (nSPS) is 10.7. The van der Waals surface area contributed by atoms with Crippen LogP contribution in [0.25, 0.3) is 0 Å². The Morgan fingerprint density at radius 1 is 1.20 bits per heavy atom. The standard InChI is InChI=1S/C11H9NO2S/c13-12-7-11-6-10(8-15-11)14-9-4-2-1-3-5-9/h1-8,13H/b12-7+. The van der Waals surface area contributed by atoms with E-state index in [4.69, 9.17) is 9.94 Å². The molecule has 0 saturated carbocycles. The second-order valence-corrected chi connectivity index (χ2v) is 3.79. The molecule has 0 aliphatic rings. The Morgan fingerprint density at radius 2 is 2.00 bits per heavy atom. The SMILES string of the molecule is O/N=C/c1cc(Oc2ccccc2)cs1. The van der Waals surface area contributed by atoms with E-state index in [-0.39, 0.29) is 0 Å². The van der Waals surface area contributed by atoms with Crippen molar-refractivity contribution in [3.05, 3.63) is 46.7 Å². The molecule has 0 fully saturated rings. The molecule has 0 radical (unpaired) electrons. The number of benzene rings is 1. The van der Waals surface area contributed by atoms with Gasteiger partial charge < -0.3 is 9.94 Å². The van der Waals surface area contributed by atoms with Gasteiger partial charge in [-0.25, -0.2) is 0 Å². The topological polar surface area (TPSA) is 41.8 Å². The molecule has 1 heterocycles. The third-order valence-corrected chi connectivity index (χ3v) is 2.61. The van der Waals surface area contributed by atoms with Crippen molar-refractivity contribution in [2.24, 2.45) is 5.16 Å². The maximum Gasteiger partial charge on any atom is 0.138 e. The Hall–Kier alpha value is -1.81. The molecule has 0 saturated heterocycles. The van der Waals surface area contributed by atoms with Crippen LogP contribution in [0.15, 0.2) is 46.9 Å². The Bertz CT molecular complexity index is 451. The van der Waals surface area contributed by atoms with Gasteiger partial charge in [-0.05, 0) is 12.1 Å². The fourth-order valence-corrected chi connectivity index (χ4v) is 1.80. The molecule has 2 rings (SSSR count). The molecule has 0 bridgehead atoms. The number of para-hydroxylation sites is 1. The van der Waals surface area contributed by atoms with Crippen molar-refractivity contribution in [2.75, 3.05) is 0 Å². The molecule has 1 aromatic heterocycles. The van der Waals surface area contributed by atoms with Gasteiger partial charge >= 0.3 is 0 Å². The van der Waals surface area contributed by atoms with Crippen molar-refractivity contribution in [3.8, 4) is 11.5 Å². The van der Waals surface area contributed by atoms with Gasteiger partial charge in [-0.2, -0.15) is 0 Å². The first kappa shape index (κ1) is 9.73. The highest BCUT2D eigenvalue weighted by atomic mass is 32.1. The molecule has 0 amide bonds. The van der Waals surface area contributed by atoms with Gasteiger partial charge in [0.2, 0.25) is 0 Å².